The Morgan fingerprint density at radius 1 is 1.37 bits per heavy atom. The van der Waals surface area contributed by atoms with E-state index in [1.807, 2.05) is 17.0 Å². The number of aromatic nitrogens is 1. The lowest BCUT2D eigenvalue weighted by atomic mass is 9.93. The molecule has 4 nitrogen and oxygen atoms in total. The molecule has 0 aromatic carbocycles. The maximum Gasteiger partial charge on any atom is 0.156 e. The fourth-order valence-electron chi connectivity index (χ4n) is 2.38. The van der Waals surface area contributed by atoms with Crippen LogP contribution in [0.1, 0.15) is 50.8 Å². The predicted molar refractivity (Wildman–Crippen MR) is 75.9 cm³/mol. The number of hydrogen-bond donors (Lipinski definition) is 1. The average molecular weight is 285 g/mol. The van der Waals surface area contributed by atoms with Crippen molar-refractivity contribution < 1.29 is 13.5 Å². The maximum atomic E-state index is 12.1. The highest BCUT2D eigenvalue weighted by Crippen LogP contribution is 2.30. The van der Waals surface area contributed by atoms with Gasteiger partial charge in [0.05, 0.1) is 16.6 Å². The molecule has 0 aliphatic heterocycles. The molecule has 1 aliphatic rings. The molecular formula is C14H23NO3S. The Morgan fingerprint density at radius 2 is 2.05 bits per heavy atom. The number of rotatable bonds is 3. The van der Waals surface area contributed by atoms with Crippen molar-refractivity contribution in [2.24, 2.45) is 0 Å². The number of aliphatic hydroxyl groups excluding tert-OH is 1. The van der Waals surface area contributed by atoms with Gasteiger partial charge in [-0.1, -0.05) is 0 Å². The summed E-state index contributed by atoms with van der Waals surface area (Å²) in [5.74, 6) is 0.139. The molecule has 0 saturated heterocycles. The highest BCUT2D eigenvalue weighted by molar-refractivity contribution is 7.92. The van der Waals surface area contributed by atoms with Gasteiger partial charge in [0.25, 0.3) is 0 Å². The highest BCUT2D eigenvalue weighted by Gasteiger charge is 2.28. The SMILES string of the molecule is CC(C)(C)S(=O)(=O)CCn1cc2c(c1)C(O)CCC2. The summed E-state index contributed by atoms with van der Waals surface area (Å²) in [6.45, 7) is 5.64. The third-order valence-corrected chi connectivity index (χ3v) is 6.42. The molecule has 1 unspecified atom stereocenters. The van der Waals surface area contributed by atoms with E-state index in [-0.39, 0.29) is 11.9 Å². The molecule has 0 radical (unpaired) electrons. The second-order valence-corrected chi connectivity index (χ2v) is 9.18. The number of hydrogen-bond acceptors (Lipinski definition) is 3. The summed E-state index contributed by atoms with van der Waals surface area (Å²) in [4.78, 5) is 0. The Balaban J connectivity index is 2.10. The van der Waals surface area contributed by atoms with Crippen LogP contribution in [0.3, 0.4) is 0 Å². The highest BCUT2D eigenvalue weighted by atomic mass is 32.2. The van der Waals surface area contributed by atoms with E-state index in [1.165, 1.54) is 0 Å². The Hall–Kier alpha value is -0.810. The van der Waals surface area contributed by atoms with Crippen LogP contribution < -0.4 is 0 Å². The molecule has 5 heteroatoms. The third kappa shape index (κ3) is 3.03. The minimum absolute atomic E-state index is 0.139. The summed E-state index contributed by atoms with van der Waals surface area (Å²) < 4.78 is 25.3. The molecule has 1 aliphatic carbocycles. The van der Waals surface area contributed by atoms with Crippen molar-refractivity contribution in [2.45, 2.75) is 57.4 Å². The lowest BCUT2D eigenvalue weighted by Gasteiger charge is -2.19. The van der Waals surface area contributed by atoms with E-state index in [1.54, 1.807) is 20.8 Å². The van der Waals surface area contributed by atoms with Gasteiger partial charge in [0.15, 0.2) is 9.84 Å². The molecule has 0 spiro atoms. The first-order chi connectivity index (χ1) is 8.71. The van der Waals surface area contributed by atoms with E-state index in [4.69, 9.17) is 0 Å². The van der Waals surface area contributed by atoms with Crippen LogP contribution in [0.15, 0.2) is 12.4 Å². The second kappa shape index (κ2) is 4.94. The van der Waals surface area contributed by atoms with E-state index in [2.05, 4.69) is 0 Å². The Bertz CT molecular complexity index is 552. The number of aryl methyl sites for hydroxylation is 2. The zero-order chi connectivity index (χ0) is 14.3. The lowest BCUT2D eigenvalue weighted by Crippen LogP contribution is -2.31. The van der Waals surface area contributed by atoms with Gasteiger partial charge in [-0.2, -0.15) is 0 Å². The summed E-state index contributed by atoms with van der Waals surface area (Å²) in [6, 6.07) is 0. The van der Waals surface area contributed by atoms with Gasteiger partial charge in [0.2, 0.25) is 0 Å². The molecule has 0 bridgehead atoms. The van der Waals surface area contributed by atoms with Gasteiger partial charge in [-0.3, -0.25) is 0 Å². The van der Waals surface area contributed by atoms with Crippen LogP contribution in [-0.2, 0) is 22.8 Å². The van der Waals surface area contributed by atoms with Crippen molar-refractivity contribution in [1.82, 2.24) is 4.57 Å². The van der Waals surface area contributed by atoms with Crippen molar-refractivity contribution in [3.63, 3.8) is 0 Å². The standard InChI is InChI=1S/C14H23NO3S/c1-14(2,3)19(17,18)8-7-15-9-11-5-4-6-13(16)12(11)10-15/h9-10,13,16H,4-8H2,1-3H3. The quantitative estimate of drug-likeness (QED) is 0.925. The second-order valence-electron chi connectivity index (χ2n) is 6.32. The molecule has 1 atom stereocenters. The Labute approximate surface area is 115 Å². The van der Waals surface area contributed by atoms with Gasteiger partial charge in [0.1, 0.15) is 0 Å². The van der Waals surface area contributed by atoms with E-state index in [0.29, 0.717) is 6.54 Å². The predicted octanol–water partition coefficient (Wildman–Crippen LogP) is 2.07. The summed E-state index contributed by atoms with van der Waals surface area (Å²) in [7, 11) is -3.09. The van der Waals surface area contributed by atoms with E-state index in [0.717, 1.165) is 30.4 Å². The molecule has 2 rings (SSSR count). The van der Waals surface area contributed by atoms with E-state index >= 15 is 0 Å². The number of fused-ring (bicyclic) bond motifs is 1. The van der Waals surface area contributed by atoms with Crippen LogP contribution in [0.25, 0.3) is 0 Å². The van der Waals surface area contributed by atoms with Crippen LogP contribution in [0.2, 0.25) is 0 Å². The fraction of sp³-hybridized carbons (Fsp3) is 0.714. The van der Waals surface area contributed by atoms with Crippen LogP contribution in [0, 0.1) is 0 Å². The fourth-order valence-corrected chi connectivity index (χ4v) is 3.45. The van der Waals surface area contributed by atoms with Crippen molar-refractivity contribution in [3.05, 3.63) is 23.5 Å². The zero-order valence-corrected chi connectivity index (χ0v) is 12.7. The van der Waals surface area contributed by atoms with Gasteiger partial charge >= 0.3 is 0 Å². The normalized spacial score (nSPS) is 20.3. The molecule has 108 valence electrons. The van der Waals surface area contributed by atoms with Crippen molar-refractivity contribution in [3.8, 4) is 0 Å². The topological polar surface area (TPSA) is 59.3 Å². The first-order valence-corrected chi connectivity index (χ1v) is 8.45. The van der Waals surface area contributed by atoms with E-state index < -0.39 is 14.6 Å². The van der Waals surface area contributed by atoms with Gasteiger partial charge < -0.3 is 9.67 Å². The monoisotopic (exact) mass is 285 g/mol. The average Bonchev–Trinajstić information content (AvgIpc) is 2.69. The van der Waals surface area contributed by atoms with Crippen molar-refractivity contribution in [1.29, 1.82) is 0 Å². The maximum absolute atomic E-state index is 12.1. The van der Waals surface area contributed by atoms with Crippen molar-refractivity contribution in [2.75, 3.05) is 5.75 Å². The molecule has 0 saturated carbocycles. The molecule has 0 amide bonds. The molecule has 1 aromatic heterocycles. The number of aliphatic hydroxyl groups is 1. The Morgan fingerprint density at radius 3 is 2.63 bits per heavy atom. The summed E-state index contributed by atoms with van der Waals surface area (Å²) in [5, 5.41) is 9.90. The zero-order valence-electron chi connectivity index (χ0n) is 11.9. The van der Waals surface area contributed by atoms with Crippen LogP contribution in [0.4, 0.5) is 0 Å². The van der Waals surface area contributed by atoms with Gasteiger partial charge in [0, 0.05) is 24.5 Å². The van der Waals surface area contributed by atoms with Gasteiger partial charge in [-0.05, 0) is 45.6 Å². The van der Waals surface area contributed by atoms with Crippen molar-refractivity contribution >= 4 is 9.84 Å². The first-order valence-electron chi connectivity index (χ1n) is 6.79. The summed E-state index contributed by atoms with van der Waals surface area (Å²) in [6.07, 6.45) is 6.28. The molecule has 19 heavy (non-hydrogen) atoms. The Kier molecular flexibility index (Phi) is 3.80. The van der Waals surface area contributed by atoms with E-state index in [9.17, 15) is 13.5 Å². The first kappa shape index (κ1) is 14.6. The largest absolute Gasteiger partial charge is 0.388 e. The minimum atomic E-state index is -3.09. The van der Waals surface area contributed by atoms with Crippen LogP contribution in [0.5, 0.6) is 0 Å². The molecule has 1 aromatic rings. The third-order valence-electron chi connectivity index (χ3n) is 3.83. The lowest BCUT2D eigenvalue weighted by molar-refractivity contribution is 0.157. The molecular weight excluding hydrogens is 262 g/mol. The number of nitrogens with zero attached hydrogens (tertiary/aromatic N) is 1. The smallest absolute Gasteiger partial charge is 0.156 e. The molecule has 0 fully saturated rings. The number of sulfone groups is 1. The molecule has 1 N–H and O–H groups in total. The van der Waals surface area contributed by atoms with Gasteiger partial charge in [-0.15, -0.1) is 0 Å². The summed E-state index contributed by atoms with van der Waals surface area (Å²) in [5.41, 5.74) is 2.13. The molecule has 1 heterocycles. The van der Waals surface area contributed by atoms with Gasteiger partial charge in [-0.25, -0.2) is 8.42 Å². The van der Waals surface area contributed by atoms with Crippen LogP contribution in [-0.4, -0.2) is 28.6 Å². The minimum Gasteiger partial charge on any atom is -0.388 e. The summed E-state index contributed by atoms with van der Waals surface area (Å²) >= 11 is 0. The van der Waals surface area contributed by atoms with Crippen LogP contribution >= 0.6 is 0 Å².